The smallest absolute Gasteiger partial charge is 0.0899 e. The number of ether oxygens (including phenoxy) is 1. The summed E-state index contributed by atoms with van der Waals surface area (Å²) in [6.07, 6.45) is 2.01. The average molecular weight is 235 g/mol. The maximum atomic E-state index is 9.55. The Bertz CT molecular complexity index is 147. The third kappa shape index (κ3) is 8.08. The molecule has 0 aromatic rings. The van der Waals surface area contributed by atoms with Crippen molar-refractivity contribution in [3.8, 4) is 0 Å². The van der Waals surface area contributed by atoms with Gasteiger partial charge in [-0.1, -0.05) is 13.3 Å². The zero-order chi connectivity index (χ0) is 11.7. The minimum absolute atomic E-state index is 0.387. The van der Waals surface area contributed by atoms with E-state index >= 15 is 0 Å². The minimum atomic E-state index is -0.387. The summed E-state index contributed by atoms with van der Waals surface area (Å²) in [4.78, 5) is 2.15. The summed E-state index contributed by atoms with van der Waals surface area (Å²) in [5.74, 6) is 1.54. The van der Waals surface area contributed by atoms with Crippen LogP contribution in [0.2, 0.25) is 0 Å². The predicted molar refractivity (Wildman–Crippen MR) is 67.6 cm³/mol. The first-order chi connectivity index (χ1) is 7.13. The van der Waals surface area contributed by atoms with E-state index in [9.17, 15) is 5.11 Å². The highest BCUT2D eigenvalue weighted by Crippen LogP contribution is 2.09. The van der Waals surface area contributed by atoms with Crippen molar-refractivity contribution in [2.45, 2.75) is 25.9 Å². The Hall–Kier alpha value is 0.230. The molecule has 2 unspecified atom stereocenters. The summed E-state index contributed by atoms with van der Waals surface area (Å²) in [7, 11) is 3.64. The van der Waals surface area contributed by atoms with Crippen LogP contribution in [0.4, 0.5) is 0 Å². The lowest BCUT2D eigenvalue weighted by Gasteiger charge is -2.24. The third-order valence-corrected chi connectivity index (χ3v) is 2.92. The van der Waals surface area contributed by atoms with Crippen LogP contribution in [0.1, 0.15) is 19.8 Å². The molecule has 0 bridgehead atoms. The van der Waals surface area contributed by atoms with Gasteiger partial charge < -0.3 is 14.7 Å². The molecule has 0 rings (SSSR count). The van der Waals surface area contributed by atoms with Gasteiger partial charge in [0.1, 0.15) is 0 Å². The SMILES string of the molecule is CCCC(CS)CN(C)CC(O)COC. The van der Waals surface area contributed by atoms with Crippen LogP contribution >= 0.6 is 12.6 Å². The van der Waals surface area contributed by atoms with E-state index in [0.29, 0.717) is 19.1 Å². The number of rotatable bonds is 9. The van der Waals surface area contributed by atoms with E-state index in [2.05, 4.69) is 24.5 Å². The van der Waals surface area contributed by atoms with E-state index in [1.165, 1.54) is 12.8 Å². The number of hydrogen-bond acceptors (Lipinski definition) is 4. The molecule has 0 radical (unpaired) electrons. The Balaban J connectivity index is 3.73. The highest BCUT2D eigenvalue weighted by atomic mass is 32.1. The van der Waals surface area contributed by atoms with Gasteiger partial charge in [0.05, 0.1) is 12.7 Å². The van der Waals surface area contributed by atoms with Gasteiger partial charge in [0.15, 0.2) is 0 Å². The molecule has 2 atom stereocenters. The van der Waals surface area contributed by atoms with Crippen molar-refractivity contribution < 1.29 is 9.84 Å². The van der Waals surface area contributed by atoms with E-state index in [1.54, 1.807) is 7.11 Å². The normalized spacial score (nSPS) is 15.6. The summed E-state index contributed by atoms with van der Waals surface area (Å²) in [5.41, 5.74) is 0. The molecule has 0 aliphatic carbocycles. The molecule has 0 amide bonds. The number of hydrogen-bond donors (Lipinski definition) is 2. The number of aliphatic hydroxyl groups is 1. The summed E-state index contributed by atoms with van der Waals surface area (Å²) in [6, 6.07) is 0. The molecule has 1 N–H and O–H groups in total. The van der Waals surface area contributed by atoms with Gasteiger partial charge in [-0.3, -0.25) is 0 Å². The van der Waals surface area contributed by atoms with Gasteiger partial charge in [-0.15, -0.1) is 0 Å². The molecule has 4 heteroatoms. The lowest BCUT2D eigenvalue weighted by molar-refractivity contribution is 0.0407. The van der Waals surface area contributed by atoms with Crippen LogP contribution in [0.15, 0.2) is 0 Å². The van der Waals surface area contributed by atoms with E-state index in [0.717, 1.165) is 12.3 Å². The molecule has 92 valence electrons. The number of methoxy groups -OCH3 is 1. The number of thiol groups is 1. The fourth-order valence-corrected chi connectivity index (χ4v) is 2.07. The van der Waals surface area contributed by atoms with Gasteiger partial charge in [0.2, 0.25) is 0 Å². The second-order valence-corrected chi connectivity index (χ2v) is 4.53. The number of aliphatic hydroxyl groups excluding tert-OH is 1. The van der Waals surface area contributed by atoms with Crippen molar-refractivity contribution >= 4 is 12.6 Å². The van der Waals surface area contributed by atoms with Crippen LogP contribution in [0, 0.1) is 5.92 Å². The quantitative estimate of drug-likeness (QED) is 0.590. The first-order valence-corrected chi connectivity index (χ1v) is 6.23. The Kier molecular flexibility index (Phi) is 9.60. The van der Waals surface area contributed by atoms with Gasteiger partial charge in [0.25, 0.3) is 0 Å². The zero-order valence-corrected chi connectivity index (χ0v) is 11.0. The third-order valence-electron chi connectivity index (χ3n) is 2.41. The van der Waals surface area contributed by atoms with Crippen molar-refractivity contribution in [3.05, 3.63) is 0 Å². The average Bonchev–Trinajstić information content (AvgIpc) is 2.17. The molecule has 0 heterocycles. The number of likely N-dealkylation sites (N-methyl/N-ethyl adjacent to an activating group) is 1. The molecule has 3 nitrogen and oxygen atoms in total. The molecule has 0 aromatic carbocycles. The summed E-state index contributed by atoms with van der Waals surface area (Å²) < 4.78 is 4.89. The Labute approximate surface area is 99.2 Å². The fraction of sp³-hybridized carbons (Fsp3) is 1.00. The van der Waals surface area contributed by atoms with E-state index in [4.69, 9.17) is 4.74 Å². The first-order valence-electron chi connectivity index (χ1n) is 5.60. The molecular weight excluding hydrogens is 210 g/mol. The molecule has 0 saturated carbocycles. The van der Waals surface area contributed by atoms with Gasteiger partial charge in [0, 0.05) is 20.2 Å². The van der Waals surface area contributed by atoms with Crippen molar-refractivity contribution in [2.75, 3.05) is 39.6 Å². The zero-order valence-electron chi connectivity index (χ0n) is 10.1. The molecule has 0 spiro atoms. The molecule has 0 fully saturated rings. The highest BCUT2D eigenvalue weighted by Gasteiger charge is 2.12. The largest absolute Gasteiger partial charge is 0.389 e. The molecule has 15 heavy (non-hydrogen) atoms. The predicted octanol–water partition coefficient (Wildman–Crippen LogP) is 1.27. The summed E-state index contributed by atoms with van der Waals surface area (Å²) >= 11 is 4.34. The standard InChI is InChI=1S/C11H25NO2S/c1-4-5-10(9-15)6-12(2)7-11(13)8-14-3/h10-11,13,15H,4-9H2,1-3H3. The lowest BCUT2D eigenvalue weighted by Crippen LogP contribution is -2.35. The first kappa shape index (κ1) is 15.2. The summed E-state index contributed by atoms with van der Waals surface area (Å²) in [5, 5.41) is 9.55. The van der Waals surface area contributed by atoms with Gasteiger partial charge >= 0.3 is 0 Å². The number of nitrogens with zero attached hydrogens (tertiary/aromatic N) is 1. The summed E-state index contributed by atoms with van der Waals surface area (Å²) in [6.45, 7) is 4.26. The lowest BCUT2D eigenvalue weighted by atomic mass is 10.1. The van der Waals surface area contributed by atoms with Crippen LogP contribution in [0.5, 0.6) is 0 Å². The van der Waals surface area contributed by atoms with Crippen LogP contribution in [-0.2, 0) is 4.74 Å². The van der Waals surface area contributed by atoms with Gasteiger partial charge in [-0.2, -0.15) is 12.6 Å². The van der Waals surface area contributed by atoms with E-state index in [-0.39, 0.29) is 6.10 Å². The Morgan fingerprint density at radius 1 is 1.40 bits per heavy atom. The van der Waals surface area contributed by atoms with Crippen LogP contribution in [0.3, 0.4) is 0 Å². The fourth-order valence-electron chi connectivity index (χ4n) is 1.77. The van der Waals surface area contributed by atoms with Crippen molar-refractivity contribution in [1.29, 1.82) is 0 Å². The van der Waals surface area contributed by atoms with Crippen molar-refractivity contribution in [1.82, 2.24) is 4.90 Å². The monoisotopic (exact) mass is 235 g/mol. The second kappa shape index (κ2) is 9.46. The van der Waals surface area contributed by atoms with Crippen LogP contribution in [0.25, 0.3) is 0 Å². The topological polar surface area (TPSA) is 32.7 Å². The highest BCUT2D eigenvalue weighted by molar-refractivity contribution is 7.80. The maximum Gasteiger partial charge on any atom is 0.0899 e. The Morgan fingerprint density at radius 3 is 2.53 bits per heavy atom. The van der Waals surface area contributed by atoms with E-state index < -0.39 is 0 Å². The molecular formula is C11H25NO2S. The molecule has 0 aliphatic rings. The molecule has 0 aromatic heterocycles. The van der Waals surface area contributed by atoms with Crippen molar-refractivity contribution in [3.63, 3.8) is 0 Å². The van der Waals surface area contributed by atoms with Crippen LogP contribution < -0.4 is 0 Å². The van der Waals surface area contributed by atoms with Gasteiger partial charge in [-0.05, 0) is 25.1 Å². The Morgan fingerprint density at radius 2 is 2.07 bits per heavy atom. The van der Waals surface area contributed by atoms with Crippen molar-refractivity contribution in [2.24, 2.45) is 5.92 Å². The van der Waals surface area contributed by atoms with Gasteiger partial charge in [-0.25, -0.2) is 0 Å². The van der Waals surface area contributed by atoms with Crippen LogP contribution in [-0.4, -0.2) is 55.7 Å². The molecule has 0 saturated heterocycles. The maximum absolute atomic E-state index is 9.55. The second-order valence-electron chi connectivity index (χ2n) is 4.17. The van der Waals surface area contributed by atoms with E-state index in [1.807, 2.05) is 7.05 Å². The molecule has 0 aliphatic heterocycles. The minimum Gasteiger partial charge on any atom is -0.389 e.